The maximum atomic E-state index is 11.5. The number of nitrogens with zero attached hydrogens (tertiary/aromatic N) is 1. The Bertz CT molecular complexity index is 266. The van der Waals surface area contributed by atoms with Crippen molar-refractivity contribution in [1.82, 2.24) is 5.32 Å². The third-order valence-electron chi connectivity index (χ3n) is 2.42. The lowest BCUT2D eigenvalue weighted by atomic mass is 10.1. The lowest BCUT2D eigenvalue weighted by Gasteiger charge is -2.15. The lowest BCUT2D eigenvalue weighted by Crippen LogP contribution is -2.39. The minimum atomic E-state index is -0.640. The Kier molecular flexibility index (Phi) is 3.85. The molecule has 0 bridgehead atoms. The first-order valence-corrected chi connectivity index (χ1v) is 5.54. The van der Waals surface area contributed by atoms with Crippen LogP contribution in [-0.4, -0.2) is 30.0 Å². The van der Waals surface area contributed by atoms with Gasteiger partial charge in [-0.05, 0) is 27.2 Å². The second-order valence-electron chi connectivity index (χ2n) is 4.24. The van der Waals surface area contributed by atoms with E-state index in [9.17, 15) is 4.79 Å². The normalized spacial score (nSPS) is 21.1. The molecule has 0 spiro atoms. The number of amides is 1. The van der Waals surface area contributed by atoms with Crippen LogP contribution in [0.5, 0.6) is 0 Å². The van der Waals surface area contributed by atoms with Gasteiger partial charge in [-0.2, -0.15) is 0 Å². The molecule has 1 N–H and O–H groups in total. The quantitative estimate of drug-likeness (QED) is 0.750. The minimum absolute atomic E-state index is 0.0432. The summed E-state index contributed by atoms with van der Waals surface area (Å²) in [6, 6.07) is 0. The molecule has 1 heterocycles. The van der Waals surface area contributed by atoms with Crippen LogP contribution in [0.1, 0.15) is 40.5 Å². The van der Waals surface area contributed by atoms with Crippen LogP contribution < -0.4 is 5.32 Å². The first-order chi connectivity index (χ1) is 7.01. The van der Waals surface area contributed by atoms with Gasteiger partial charge in [-0.25, -0.2) is 0 Å². The zero-order chi connectivity index (χ0) is 11.5. The summed E-state index contributed by atoms with van der Waals surface area (Å²) in [5, 5.41) is 2.80. The summed E-state index contributed by atoms with van der Waals surface area (Å²) in [5.74, 6) is 0.645. The van der Waals surface area contributed by atoms with Crippen molar-refractivity contribution in [3.63, 3.8) is 0 Å². The van der Waals surface area contributed by atoms with Gasteiger partial charge in [-0.3, -0.25) is 9.79 Å². The summed E-state index contributed by atoms with van der Waals surface area (Å²) in [4.78, 5) is 15.9. The van der Waals surface area contributed by atoms with E-state index in [1.54, 1.807) is 0 Å². The number of hydrogen-bond donors (Lipinski definition) is 1. The molecule has 1 aliphatic heterocycles. The number of aliphatic imine (C=N–C) groups is 1. The highest BCUT2D eigenvalue weighted by atomic mass is 16.5. The van der Waals surface area contributed by atoms with Gasteiger partial charge in [-0.1, -0.05) is 13.3 Å². The van der Waals surface area contributed by atoms with Crippen molar-refractivity contribution >= 4 is 11.7 Å². The van der Waals surface area contributed by atoms with Crippen molar-refractivity contribution in [2.75, 3.05) is 6.61 Å². The maximum absolute atomic E-state index is 11.5. The van der Waals surface area contributed by atoms with E-state index in [1.807, 2.05) is 20.8 Å². The molecule has 0 saturated heterocycles. The lowest BCUT2D eigenvalue weighted by molar-refractivity contribution is -0.122. The molecule has 0 aromatic carbocycles. The molecule has 1 amide bonds. The van der Waals surface area contributed by atoms with Gasteiger partial charge in [0.1, 0.15) is 17.5 Å². The number of carbonyl (C=O) groups is 1. The molecule has 4 heteroatoms. The Balaban J connectivity index is 2.73. The molecule has 1 rings (SSSR count). The molecule has 1 unspecified atom stereocenters. The van der Waals surface area contributed by atoms with E-state index in [0.29, 0.717) is 12.4 Å². The Labute approximate surface area is 91.1 Å². The van der Waals surface area contributed by atoms with Crippen LogP contribution in [0.25, 0.3) is 0 Å². The number of amidine groups is 1. The summed E-state index contributed by atoms with van der Waals surface area (Å²) in [5.41, 5.74) is -0.640. The number of nitrogens with one attached hydrogen (secondary N) is 1. The van der Waals surface area contributed by atoms with Crippen molar-refractivity contribution in [2.24, 2.45) is 4.99 Å². The Morgan fingerprint density at radius 2 is 2.13 bits per heavy atom. The maximum Gasteiger partial charge on any atom is 0.252 e. The van der Waals surface area contributed by atoms with Gasteiger partial charge >= 0.3 is 0 Å². The van der Waals surface area contributed by atoms with Gasteiger partial charge in [0, 0.05) is 6.61 Å². The van der Waals surface area contributed by atoms with E-state index in [1.165, 1.54) is 0 Å². The number of hydrogen-bond acceptors (Lipinski definition) is 3. The average Bonchev–Trinajstić information content (AvgIpc) is 2.41. The van der Waals surface area contributed by atoms with Crippen molar-refractivity contribution < 1.29 is 9.53 Å². The van der Waals surface area contributed by atoms with Gasteiger partial charge in [0.05, 0.1) is 0 Å². The van der Waals surface area contributed by atoms with Crippen molar-refractivity contribution in [2.45, 2.75) is 52.2 Å². The van der Waals surface area contributed by atoms with Gasteiger partial charge in [0.2, 0.25) is 0 Å². The van der Waals surface area contributed by atoms with E-state index < -0.39 is 5.54 Å². The molecule has 0 saturated carbocycles. The van der Waals surface area contributed by atoms with Crippen molar-refractivity contribution in [3.8, 4) is 0 Å². The highest BCUT2D eigenvalue weighted by molar-refractivity contribution is 6.09. The fourth-order valence-corrected chi connectivity index (χ4v) is 1.56. The molecule has 1 aliphatic rings. The topological polar surface area (TPSA) is 50.7 Å². The zero-order valence-electron chi connectivity index (χ0n) is 9.96. The largest absolute Gasteiger partial charge is 0.371 e. The van der Waals surface area contributed by atoms with E-state index >= 15 is 0 Å². The summed E-state index contributed by atoms with van der Waals surface area (Å²) < 4.78 is 5.56. The molecule has 1 atom stereocenters. The third kappa shape index (κ3) is 2.78. The van der Waals surface area contributed by atoms with Crippen molar-refractivity contribution in [3.05, 3.63) is 0 Å². The first kappa shape index (κ1) is 12.2. The summed E-state index contributed by atoms with van der Waals surface area (Å²) in [7, 11) is 0. The fourth-order valence-electron chi connectivity index (χ4n) is 1.56. The molecule has 0 fully saturated rings. The second kappa shape index (κ2) is 4.75. The van der Waals surface area contributed by atoms with Crippen LogP contribution in [0.3, 0.4) is 0 Å². The average molecular weight is 212 g/mol. The molecular formula is C11H20N2O2. The van der Waals surface area contributed by atoms with Crippen LogP contribution in [0, 0.1) is 0 Å². The molecule has 0 aromatic rings. The third-order valence-corrected chi connectivity index (χ3v) is 2.42. The molecule has 86 valence electrons. The van der Waals surface area contributed by atoms with Crippen LogP contribution in [0.15, 0.2) is 4.99 Å². The van der Waals surface area contributed by atoms with Crippen molar-refractivity contribution in [1.29, 1.82) is 0 Å². The fraction of sp³-hybridized carbons (Fsp3) is 0.818. The summed E-state index contributed by atoms with van der Waals surface area (Å²) >= 11 is 0. The highest BCUT2D eigenvalue weighted by Crippen LogP contribution is 2.18. The molecular weight excluding hydrogens is 192 g/mol. The van der Waals surface area contributed by atoms with Gasteiger partial charge in [-0.15, -0.1) is 0 Å². The summed E-state index contributed by atoms with van der Waals surface area (Å²) in [6.45, 7) is 8.30. The molecule has 0 radical (unpaired) electrons. The smallest absolute Gasteiger partial charge is 0.252 e. The zero-order valence-corrected chi connectivity index (χ0v) is 9.96. The molecule has 0 aliphatic carbocycles. The van der Waals surface area contributed by atoms with Gasteiger partial charge < -0.3 is 10.1 Å². The Morgan fingerprint density at radius 3 is 2.53 bits per heavy atom. The van der Waals surface area contributed by atoms with E-state index in [4.69, 9.17) is 4.74 Å². The first-order valence-electron chi connectivity index (χ1n) is 5.54. The highest BCUT2D eigenvalue weighted by Gasteiger charge is 2.36. The van der Waals surface area contributed by atoms with Gasteiger partial charge in [0.15, 0.2) is 0 Å². The van der Waals surface area contributed by atoms with E-state index in [-0.39, 0.29) is 12.0 Å². The monoisotopic (exact) mass is 212 g/mol. The standard InChI is InChI=1S/C11H20N2O2/c1-5-7-8(15-6-2)9-12-10(14)11(3,4)13-9/h8H,5-7H2,1-4H3,(H,12,13,14). The Hall–Kier alpha value is -0.900. The Morgan fingerprint density at radius 1 is 1.47 bits per heavy atom. The molecule has 4 nitrogen and oxygen atoms in total. The number of carbonyl (C=O) groups excluding carboxylic acids is 1. The van der Waals surface area contributed by atoms with E-state index in [0.717, 1.165) is 12.8 Å². The number of ether oxygens (including phenoxy) is 1. The summed E-state index contributed by atoms with van der Waals surface area (Å²) in [6.07, 6.45) is 1.84. The molecule has 15 heavy (non-hydrogen) atoms. The van der Waals surface area contributed by atoms with Crippen LogP contribution in [0.4, 0.5) is 0 Å². The van der Waals surface area contributed by atoms with Crippen LogP contribution in [0.2, 0.25) is 0 Å². The number of rotatable bonds is 5. The second-order valence-corrected chi connectivity index (χ2v) is 4.24. The van der Waals surface area contributed by atoms with Crippen LogP contribution in [-0.2, 0) is 9.53 Å². The minimum Gasteiger partial charge on any atom is -0.371 e. The van der Waals surface area contributed by atoms with Gasteiger partial charge in [0.25, 0.3) is 5.91 Å². The predicted molar refractivity (Wildman–Crippen MR) is 60.0 cm³/mol. The SMILES string of the molecule is CCCC(OCC)C1=NC(C)(C)C(=O)N1. The predicted octanol–water partition coefficient (Wildman–Crippen LogP) is 1.50. The molecule has 0 aromatic heterocycles. The van der Waals surface area contributed by atoms with E-state index in [2.05, 4.69) is 17.2 Å². The van der Waals surface area contributed by atoms with Crippen LogP contribution >= 0.6 is 0 Å².